The van der Waals surface area contributed by atoms with Crippen LogP contribution in [0.3, 0.4) is 0 Å². The van der Waals surface area contributed by atoms with Crippen molar-refractivity contribution in [1.29, 1.82) is 0 Å². The minimum Gasteiger partial charge on any atom is -0.375 e. The fraction of sp³-hybridized carbons (Fsp3) is 0.452. The van der Waals surface area contributed by atoms with Crippen LogP contribution in [0.15, 0.2) is 65.4 Å². The Hall–Kier alpha value is -3.61. The van der Waals surface area contributed by atoms with E-state index in [2.05, 4.69) is 10.1 Å². The predicted molar refractivity (Wildman–Crippen MR) is 156 cm³/mol. The molecule has 1 unspecified atom stereocenters. The van der Waals surface area contributed by atoms with Crippen LogP contribution in [0, 0.1) is 0 Å². The molecule has 13 heteroatoms. The van der Waals surface area contributed by atoms with Crippen molar-refractivity contribution < 1.29 is 37.1 Å². The number of carbonyl (C=O) groups is 2. The van der Waals surface area contributed by atoms with E-state index in [-0.39, 0.29) is 31.2 Å². The zero-order valence-electron chi connectivity index (χ0n) is 24.2. The number of anilines is 1. The average Bonchev–Trinajstić information content (AvgIpc) is 3.53. The third-order valence-corrected chi connectivity index (χ3v) is 8.57. The van der Waals surface area contributed by atoms with E-state index < -0.39 is 23.2 Å². The molecule has 0 radical (unpaired) electrons. The van der Waals surface area contributed by atoms with Crippen LogP contribution in [0.25, 0.3) is 0 Å². The van der Waals surface area contributed by atoms with Crippen molar-refractivity contribution in [1.82, 2.24) is 15.0 Å². The summed E-state index contributed by atoms with van der Waals surface area (Å²) < 4.78 is 53.0. The van der Waals surface area contributed by atoms with Gasteiger partial charge in [-0.1, -0.05) is 47.1 Å². The molecule has 0 spiro atoms. The minimum absolute atomic E-state index is 0.0311. The summed E-state index contributed by atoms with van der Waals surface area (Å²) in [5, 5.41) is 14.8. The number of nitrogens with zero attached hydrogens (tertiary/aromatic N) is 4. The van der Waals surface area contributed by atoms with Crippen LogP contribution in [0.5, 0.6) is 0 Å². The number of amides is 2. The number of alkyl halides is 3. The van der Waals surface area contributed by atoms with Crippen molar-refractivity contribution in [3.63, 3.8) is 0 Å². The number of halogens is 4. The lowest BCUT2D eigenvalue weighted by molar-refractivity contribution is -0.262. The molecule has 3 aromatic rings. The molecule has 2 aromatic carbocycles. The van der Waals surface area contributed by atoms with E-state index in [0.29, 0.717) is 48.8 Å². The van der Waals surface area contributed by atoms with Crippen molar-refractivity contribution in [2.75, 3.05) is 38.1 Å². The molecule has 1 N–H and O–H groups in total. The van der Waals surface area contributed by atoms with Gasteiger partial charge >= 0.3 is 6.18 Å². The molecule has 1 aromatic heterocycles. The van der Waals surface area contributed by atoms with Gasteiger partial charge in [-0.15, -0.1) is 0 Å². The topological polar surface area (TPSA) is 99.4 Å². The minimum atomic E-state index is -5.17. The van der Waals surface area contributed by atoms with Crippen LogP contribution in [0.2, 0.25) is 5.02 Å². The van der Waals surface area contributed by atoms with E-state index >= 15 is 0 Å². The van der Waals surface area contributed by atoms with E-state index in [1.807, 2.05) is 6.07 Å². The van der Waals surface area contributed by atoms with Crippen LogP contribution in [0.1, 0.15) is 47.3 Å². The predicted octanol–water partition coefficient (Wildman–Crippen LogP) is 5.03. The summed E-state index contributed by atoms with van der Waals surface area (Å²) in [6, 6.07) is 13.5. The zero-order valence-corrected chi connectivity index (χ0v) is 24.9. The molecule has 2 aliphatic heterocycles. The molecule has 3 heterocycles. The maximum Gasteiger partial charge on any atom is 0.430 e. The summed E-state index contributed by atoms with van der Waals surface area (Å²) in [4.78, 5) is 30.6. The van der Waals surface area contributed by atoms with Crippen molar-refractivity contribution in [2.24, 2.45) is 0 Å². The molecule has 2 aliphatic rings. The Morgan fingerprint density at radius 2 is 1.66 bits per heavy atom. The van der Waals surface area contributed by atoms with E-state index in [1.54, 1.807) is 25.2 Å². The van der Waals surface area contributed by atoms with Gasteiger partial charge in [0.25, 0.3) is 17.4 Å². The fourth-order valence-corrected chi connectivity index (χ4v) is 6.00. The third-order valence-electron chi connectivity index (χ3n) is 8.25. The van der Waals surface area contributed by atoms with Crippen LogP contribution in [-0.4, -0.2) is 83.5 Å². The number of aliphatic hydroxyl groups is 1. The molecule has 236 valence electrons. The first kappa shape index (κ1) is 31.8. The number of rotatable bonds is 8. The SMILES string of the molecule is CN(Cc1ccon1)C(=O)c1ccc(N2CCC(OC3CCN(C(=O)C(O)(c4ccccc4)C(F)(F)F)CC3)CC2)cc1Cl. The molecule has 2 fully saturated rings. The lowest BCUT2D eigenvalue weighted by Gasteiger charge is -2.40. The fourth-order valence-electron chi connectivity index (χ4n) is 5.75. The van der Waals surface area contributed by atoms with E-state index in [4.69, 9.17) is 20.9 Å². The number of benzene rings is 2. The molecule has 0 saturated carbocycles. The monoisotopic (exact) mass is 634 g/mol. The number of likely N-dealkylation sites (tertiary alicyclic amines) is 1. The molecule has 44 heavy (non-hydrogen) atoms. The lowest BCUT2D eigenvalue weighted by atomic mass is 9.90. The Morgan fingerprint density at radius 3 is 2.23 bits per heavy atom. The summed E-state index contributed by atoms with van der Waals surface area (Å²) in [5.74, 6) is -1.59. The molecule has 2 saturated heterocycles. The first-order chi connectivity index (χ1) is 21.0. The van der Waals surface area contributed by atoms with Crippen LogP contribution < -0.4 is 4.90 Å². The van der Waals surface area contributed by atoms with Gasteiger partial charge in [-0.25, -0.2) is 0 Å². The summed E-state index contributed by atoms with van der Waals surface area (Å²) >= 11 is 6.51. The van der Waals surface area contributed by atoms with Gasteiger partial charge in [0.1, 0.15) is 12.0 Å². The number of hydrogen-bond acceptors (Lipinski definition) is 7. The molecule has 0 bridgehead atoms. The van der Waals surface area contributed by atoms with Gasteiger partial charge in [0.15, 0.2) is 0 Å². The molecule has 0 aliphatic carbocycles. The third kappa shape index (κ3) is 6.72. The molecule has 1 atom stereocenters. The molecule has 5 rings (SSSR count). The highest BCUT2D eigenvalue weighted by atomic mass is 35.5. The van der Waals surface area contributed by atoms with Gasteiger partial charge in [0, 0.05) is 50.5 Å². The normalized spacial score (nSPS) is 18.2. The van der Waals surface area contributed by atoms with E-state index in [0.717, 1.165) is 35.6 Å². The number of hydrogen-bond donors (Lipinski definition) is 1. The average molecular weight is 635 g/mol. The number of piperidine rings is 2. The zero-order chi connectivity index (χ0) is 31.5. The second-order valence-electron chi connectivity index (χ2n) is 11.2. The van der Waals surface area contributed by atoms with Gasteiger partial charge in [0.05, 0.1) is 29.3 Å². The Morgan fingerprint density at radius 1 is 1.02 bits per heavy atom. The molecular weight excluding hydrogens is 601 g/mol. The maximum atomic E-state index is 14.0. The summed E-state index contributed by atoms with van der Waals surface area (Å²) in [7, 11) is 1.67. The summed E-state index contributed by atoms with van der Waals surface area (Å²) in [5.41, 5.74) is -2.18. The highest BCUT2D eigenvalue weighted by Gasteiger charge is 2.62. The van der Waals surface area contributed by atoms with Crippen molar-refractivity contribution in [3.05, 3.63) is 82.7 Å². The van der Waals surface area contributed by atoms with Gasteiger partial charge in [0.2, 0.25) is 0 Å². The largest absolute Gasteiger partial charge is 0.430 e. The molecule has 2 amide bonds. The van der Waals surface area contributed by atoms with Crippen molar-refractivity contribution >= 4 is 29.1 Å². The van der Waals surface area contributed by atoms with Gasteiger partial charge in [-0.05, 0) is 43.9 Å². The standard InChI is InChI=1S/C31H34ClF3N4O5/c1-37(20-22-13-18-43-36-22)28(40)26-8-7-23(19-27(26)32)38-14-9-24(10-15-38)44-25-11-16-39(17-12-25)29(41)30(42,31(33,34)35)21-5-3-2-4-6-21/h2-8,13,18-19,24-25,42H,9-12,14-17,20H2,1H3. The first-order valence-corrected chi connectivity index (χ1v) is 14.8. The summed E-state index contributed by atoms with van der Waals surface area (Å²) in [6.07, 6.45) is -1.71. The van der Waals surface area contributed by atoms with Gasteiger partial charge in [-0.3, -0.25) is 9.59 Å². The Kier molecular flexibility index (Phi) is 9.52. The van der Waals surface area contributed by atoms with Crippen LogP contribution in [-0.2, 0) is 21.7 Å². The van der Waals surface area contributed by atoms with Crippen LogP contribution >= 0.6 is 11.6 Å². The Bertz CT molecular complexity index is 1430. The first-order valence-electron chi connectivity index (χ1n) is 14.5. The Labute approximate surface area is 258 Å². The second kappa shape index (κ2) is 13.2. The quantitative estimate of drug-likeness (QED) is 0.371. The smallest absolute Gasteiger partial charge is 0.375 e. The highest BCUT2D eigenvalue weighted by Crippen LogP contribution is 2.41. The van der Waals surface area contributed by atoms with Crippen molar-refractivity contribution in [3.8, 4) is 0 Å². The van der Waals surface area contributed by atoms with Gasteiger partial charge in [-0.2, -0.15) is 13.2 Å². The molecule has 9 nitrogen and oxygen atoms in total. The Balaban J connectivity index is 1.11. The van der Waals surface area contributed by atoms with Crippen molar-refractivity contribution in [2.45, 2.75) is 56.2 Å². The van der Waals surface area contributed by atoms with E-state index in [1.165, 1.54) is 29.4 Å². The number of carbonyl (C=O) groups excluding carboxylic acids is 2. The highest BCUT2D eigenvalue weighted by molar-refractivity contribution is 6.34. The number of ether oxygens (including phenoxy) is 1. The summed E-state index contributed by atoms with van der Waals surface area (Å²) in [6.45, 7) is 1.82. The second-order valence-corrected chi connectivity index (χ2v) is 11.6. The maximum absolute atomic E-state index is 14.0. The van der Waals surface area contributed by atoms with Crippen LogP contribution in [0.4, 0.5) is 18.9 Å². The van der Waals surface area contributed by atoms with E-state index in [9.17, 15) is 27.9 Å². The number of aromatic nitrogens is 1. The molecular formula is C31H34ClF3N4O5. The lowest BCUT2D eigenvalue weighted by Crippen LogP contribution is -2.57. The van der Waals surface area contributed by atoms with Gasteiger partial charge < -0.3 is 29.1 Å².